The molecule has 0 heterocycles. The fraction of sp³-hybridized carbons (Fsp3) is 0.562. The van der Waals surface area contributed by atoms with Crippen molar-refractivity contribution in [2.45, 2.75) is 19.9 Å². The summed E-state index contributed by atoms with van der Waals surface area (Å²) < 4.78 is 5.23. The molecule has 0 amide bonds. The number of benzene rings is 1. The highest BCUT2D eigenvalue weighted by Crippen LogP contribution is 2.12. The fourth-order valence-electron chi connectivity index (χ4n) is 1.88. The Morgan fingerprint density at radius 3 is 2.68 bits per heavy atom. The van der Waals surface area contributed by atoms with E-state index in [9.17, 15) is 0 Å². The van der Waals surface area contributed by atoms with Crippen molar-refractivity contribution < 1.29 is 4.74 Å². The van der Waals surface area contributed by atoms with E-state index in [-0.39, 0.29) is 24.0 Å². The Morgan fingerprint density at radius 2 is 2.05 bits per heavy atom. The van der Waals surface area contributed by atoms with Crippen molar-refractivity contribution >= 4 is 29.9 Å². The molecule has 0 radical (unpaired) electrons. The topological polar surface area (TPSA) is 48.9 Å². The van der Waals surface area contributed by atoms with Crippen LogP contribution in [-0.2, 0) is 6.54 Å². The standard InChI is InChI=1S/C16H28N4O.HI/c1-5-17-16(18-10-7-11-20(2)3)19-13-14-8-6-9-15(12-14)21-4;/h6,8-9,12H,5,7,10-11,13H2,1-4H3,(H2,17,18,19);1H. The van der Waals surface area contributed by atoms with Crippen LogP contribution in [0.2, 0.25) is 0 Å². The smallest absolute Gasteiger partial charge is 0.191 e. The number of guanidine groups is 1. The predicted octanol–water partition coefficient (Wildman–Crippen LogP) is 2.32. The number of nitrogens with one attached hydrogen (secondary N) is 2. The predicted molar refractivity (Wildman–Crippen MR) is 104 cm³/mol. The first-order valence-corrected chi connectivity index (χ1v) is 7.45. The van der Waals surface area contributed by atoms with Gasteiger partial charge in [-0.3, -0.25) is 0 Å². The summed E-state index contributed by atoms with van der Waals surface area (Å²) >= 11 is 0. The molecule has 2 N–H and O–H groups in total. The first kappa shape index (κ1) is 21.0. The average molecular weight is 420 g/mol. The third-order valence-corrected chi connectivity index (χ3v) is 2.97. The number of methoxy groups -OCH3 is 1. The number of aliphatic imine (C=N–C) groups is 1. The molecule has 0 fully saturated rings. The van der Waals surface area contributed by atoms with E-state index < -0.39 is 0 Å². The molecule has 0 saturated carbocycles. The van der Waals surface area contributed by atoms with Crippen LogP contribution in [0.15, 0.2) is 29.3 Å². The second-order valence-corrected chi connectivity index (χ2v) is 5.13. The zero-order valence-corrected chi connectivity index (χ0v) is 16.4. The maximum Gasteiger partial charge on any atom is 0.191 e. The Morgan fingerprint density at radius 1 is 1.27 bits per heavy atom. The van der Waals surface area contributed by atoms with E-state index in [1.54, 1.807) is 7.11 Å². The second-order valence-electron chi connectivity index (χ2n) is 5.13. The number of rotatable bonds is 8. The molecule has 1 rings (SSSR count). The van der Waals surface area contributed by atoms with Crippen LogP contribution in [0.1, 0.15) is 18.9 Å². The van der Waals surface area contributed by atoms with Gasteiger partial charge in [0.05, 0.1) is 13.7 Å². The molecule has 126 valence electrons. The molecule has 0 unspecified atom stereocenters. The van der Waals surface area contributed by atoms with Crippen LogP contribution in [0.25, 0.3) is 0 Å². The van der Waals surface area contributed by atoms with Gasteiger partial charge in [-0.2, -0.15) is 0 Å². The van der Waals surface area contributed by atoms with E-state index in [2.05, 4.69) is 47.6 Å². The van der Waals surface area contributed by atoms with Crippen molar-refractivity contribution in [1.82, 2.24) is 15.5 Å². The number of hydrogen-bond donors (Lipinski definition) is 2. The number of hydrogen-bond acceptors (Lipinski definition) is 3. The number of halogens is 1. The van der Waals surface area contributed by atoms with Gasteiger partial charge in [0.15, 0.2) is 5.96 Å². The molecule has 22 heavy (non-hydrogen) atoms. The van der Waals surface area contributed by atoms with E-state index in [0.29, 0.717) is 6.54 Å². The molecule has 6 heteroatoms. The molecule has 1 aromatic rings. The quantitative estimate of drug-likeness (QED) is 0.293. The fourth-order valence-corrected chi connectivity index (χ4v) is 1.88. The van der Waals surface area contributed by atoms with Gasteiger partial charge in [-0.15, -0.1) is 24.0 Å². The highest BCUT2D eigenvalue weighted by molar-refractivity contribution is 14.0. The summed E-state index contributed by atoms with van der Waals surface area (Å²) in [4.78, 5) is 6.78. The van der Waals surface area contributed by atoms with Crippen molar-refractivity contribution in [2.24, 2.45) is 4.99 Å². The first-order chi connectivity index (χ1) is 10.2. The Bertz CT molecular complexity index is 438. The maximum atomic E-state index is 5.23. The molecule has 5 nitrogen and oxygen atoms in total. The van der Waals surface area contributed by atoms with Gasteiger partial charge in [-0.05, 0) is 51.7 Å². The summed E-state index contributed by atoms with van der Waals surface area (Å²) in [5, 5.41) is 6.62. The van der Waals surface area contributed by atoms with Crippen LogP contribution in [0, 0.1) is 0 Å². The van der Waals surface area contributed by atoms with E-state index in [1.807, 2.05) is 18.2 Å². The minimum absolute atomic E-state index is 0. The van der Waals surface area contributed by atoms with E-state index in [0.717, 1.165) is 43.3 Å². The van der Waals surface area contributed by atoms with Crippen molar-refractivity contribution in [3.8, 4) is 5.75 Å². The zero-order valence-electron chi connectivity index (χ0n) is 14.1. The highest BCUT2D eigenvalue weighted by Gasteiger charge is 1.99. The lowest BCUT2D eigenvalue weighted by Gasteiger charge is -2.13. The summed E-state index contributed by atoms with van der Waals surface area (Å²) in [6.07, 6.45) is 1.09. The molecule has 0 atom stereocenters. The van der Waals surface area contributed by atoms with Crippen molar-refractivity contribution in [3.05, 3.63) is 29.8 Å². The van der Waals surface area contributed by atoms with Gasteiger partial charge in [-0.25, -0.2) is 4.99 Å². The summed E-state index contributed by atoms with van der Waals surface area (Å²) in [6, 6.07) is 8.00. The largest absolute Gasteiger partial charge is 0.497 e. The van der Waals surface area contributed by atoms with Gasteiger partial charge in [0, 0.05) is 13.1 Å². The summed E-state index contributed by atoms with van der Waals surface area (Å²) in [7, 11) is 5.85. The minimum Gasteiger partial charge on any atom is -0.497 e. The average Bonchev–Trinajstić information content (AvgIpc) is 2.49. The Balaban J connectivity index is 0.00000441. The Hall–Kier alpha value is -1.02. The molecule has 0 aromatic heterocycles. The molecule has 0 spiro atoms. The molecule has 0 aliphatic heterocycles. The van der Waals surface area contributed by atoms with E-state index in [4.69, 9.17) is 4.74 Å². The SMILES string of the molecule is CCNC(=NCc1cccc(OC)c1)NCCCN(C)C.I. The normalized spacial score (nSPS) is 11.0. The van der Waals surface area contributed by atoms with Crippen molar-refractivity contribution in [3.63, 3.8) is 0 Å². The van der Waals surface area contributed by atoms with Gasteiger partial charge >= 0.3 is 0 Å². The van der Waals surface area contributed by atoms with E-state index >= 15 is 0 Å². The molecule has 1 aromatic carbocycles. The van der Waals surface area contributed by atoms with Gasteiger partial charge in [0.1, 0.15) is 5.75 Å². The van der Waals surface area contributed by atoms with E-state index in [1.165, 1.54) is 0 Å². The molecule has 0 aliphatic rings. The van der Waals surface area contributed by atoms with Gasteiger partial charge in [-0.1, -0.05) is 12.1 Å². The molecule has 0 bridgehead atoms. The molecule has 0 aliphatic carbocycles. The van der Waals surface area contributed by atoms with Crippen LogP contribution in [-0.4, -0.2) is 51.7 Å². The lowest BCUT2D eigenvalue weighted by molar-refractivity contribution is 0.399. The number of nitrogens with zero attached hydrogens (tertiary/aromatic N) is 2. The molecular weight excluding hydrogens is 391 g/mol. The highest BCUT2D eigenvalue weighted by atomic mass is 127. The summed E-state index contributed by atoms with van der Waals surface area (Å²) in [6.45, 7) is 5.56. The van der Waals surface area contributed by atoms with Crippen LogP contribution in [0.4, 0.5) is 0 Å². The lowest BCUT2D eigenvalue weighted by Crippen LogP contribution is -2.38. The van der Waals surface area contributed by atoms with Crippen molar-refractivity contribution in [1.29, 1.82) is 0 Å². The monoisotopic (exact) mass is 420 g/mol. The summed E-state index contributed by atoms with van der Waals surface area (Å²) in [5.74, 6) is 1.73. The lowest BCUT2D eigenvalue weighted by atomic mass is 10.2. The maximum absolute atomic E-state index is 5.23. The van der Waals surface area contributed by atoms with Crippen molar-refractivity contribution in [2.75, 3.05) is 40.8 Å². The minimum atomic E-state index is 0. The molecular formula is C16H29IN4O. The van der Waals surface area contributed by atoms with Gasteiger partial charge < -0.3 is 20.3 Å². The van der Waals surface area contributed by atoms with Crippen LogP contribution >= 0.6 is 24.0 Å². The third kappa shape index (κ3) is 9.09. The number of ether oxygens (including phenoxy) is 1. The summed E-state index contributed by atoms with van der Waals surface area (Å²) in [5.41, 5.74) is 1.14. The Labute approximate surface area is 151 Å². The van der Waals surface area contributed by atoms with Crippen LogP contribution in [0.3, 0.4) is 0 Å². The zero-order chi connectivity index (χ0) is 15.5. The first-order valence-electron chi connectivity index (χ1n) is 7.45. The van der Waals surface area contributed by atoms with Crippen LogP contribution in [0.5, 0.6) is 5.75 Å². The molecule has 0 saturated heterocycles. The third-order valence-electron chi connectivity index (χ3n) is 2.97. The van der Waals surface area contributed by atoms with Gasteiger partial charge in [0.25, 0.3) is 0 Å². The second kappa shape index (κ2) is 12.5. The van der Waals surface area contributed by atoms with Gasteiger partial charge in [0.2, 0.25) is 0 Å². The van der Waals surface area contributed by atoms with Crippen LogP contribution < -0.4 is 15.4 Å². The Kier molecular flexibility index (Phi) is 11.9.